The summed E-state index contributed by atoms with van der Waals surface area (Å²) in [5.74, 6) is -0.692. The molecule has 0 amide bonds. The van der Waals surface area contributed by atoms with Crippen LogP contribution in [0.3, 0.4) is 0 Å². The number of thioether (sulfide) groups is 1. The molecule has 1 aromatic carbocycles. The van der Waals surface area contributed by atoms with Gasteiger partial charge in [0.05, 0.1) is 9.85 Å². The molecule has 17 heavy (non-hydrogen) atoms. The number of aromatic hydroxyl groups is 1. The molecule has 7 heteroatoms. The van der Waals surface area contributed by atoms with Crippen molar-refractivity contribution >= 4 is 49.6 Å². The highest BCUT2D eigenvalue weighted by Crippen LogP contribution is 2.42. The van der Waals surface area contributed by atoms with E-state index in [9.17, 15) is 9.90 Å². The first-order chi connectivity index (χ1) is 7.99. The standard InChI is InChI=1S/C10H9Br2NO3S/c11-4-1-5(8(14)6(12)2-4)9-13-3-7(17-9)10(15)16/h1-2,7,9,13-14H,3H2,(H,15,16)/t7-,9+/m1/s1. The van der Waals surface area contributed by atoms with Crippen LogP contribution in [-0.2, 0) is 4.79 Å². The van der Waals surface area contributed by atoms with E-state index >= 15 is 0 Å². The van der Waals surface area contributed by atoms with Crippen LogP contribution >= 0.6 is 43.6 Å². The monoisotopic (exact) mass is 381 g/mol. The smallest absolute Gasteiger partial charge is 0.318 e. The molecule has 0 radical (unpaired) electrons. The SMILES string of the molecule is O=C(O)[C@H]1CN[C@H](c2cc(Br)cc(Br)c2O)S1. The topological polar surface area (TPSA) is 69.6 Å². The van der Waals surface area contributed by atoms with Gasteiger partial charge in [-0.3, -0.25) is 10.1 Å². The predicted octanol–water partition coefficient (Wildman–Crippen LogP) is 2.71. The predicted molar refractivity (Wildman–Crippen MR) is 73.3 cm³/mol. The second kappa shape index (κ2) is 5.17. The van der Waals surface area contributed by atoms with Gasteiger partial charge in [-0.2, -0.15) is 0 Å². The molecule has 4 nitrogen and oxygen atoms in total. The number of rotatable bonds is 2. The summed E-state index contributed by atoms with van der Waals surface area (Å²) in [7, 11) is 0. The third kappa shape index (κ3) is 2.78. The Morgan fingerprint density at radius 1 is 1.47 bits per heavy atom. The highest BCUT2D eigenvalue weighted by molar-refractivity contribution is 9.11. The van der Waals surface area contributed by atoms with E-state index in [2.05, 4.69) is 37.2 Å². The van der Waals surface area contributed by atoms with Gasteiger partial charge in [0.1, 0.15) is 11.0 Å². The Morgan fingerprint density at radius 3 is 2.76 bits per heavy atom. The van der Waals surface area contributed by atoms with Gasteiger partial charge in [0.2, 0.25) is 0 Å². The van der Waals surface area contributed by atoms with Crippen molar-refractivity contribution in [3.05, 3.63) is 26.6 Å². The fraction of sp³-hybridized carbons (Fsp3) is 0.300. The number of benzene rings is 1. The van der Waals surface area contributed by atoms with Crippen LogP contribution in [0.5, 0.6) is 5.75 Å². The van der Waals surface area contributed by atoms with Gasteiger partial charge in [-0.25, -0.2) is 0 Å². The van der Waals surface area contributed by atoms with Crippen LogP contribution in [0.25, 0.3) is 0 Å². The fourth-order valence-corrected chi connectivity index (χ4v) is 4.00. The Kier molecular flexibility index (Phi) is 4.02. The van der Waals surface area contributed by atoms with Gasteiger partial charge in [0.25, 0.3) is 0 Å². The lowest BCUT2D eigenvalue weighted by Crippen LogP contribution is -2.21. The van der Waals surface area contributed by atoms with Crippen LogP contribution in [0.2, 0.25) is 0 Å². The molecule has 0 aromatic heterocycles. The lowest BCUT2D eigenvalue weighted by Gasteiger charge is -2.13. The van der Waals surface area contributed by atoms with Crippen molar-refractivity contribution in [1.29, 1.82) is 0 Å². The number of carboxylic acid groups (broad SMARTS) is 1. The first-order valence-corrected chi connectivity index (χ1v) is 7.31. The summed E-state index contributed by atoms with van der Waals surface area (Å²) in [5, 5.41) is 21.3. The van der Waals surface area contributed by atoms with Crippen molar-refractivity contribution in [3.8, 4) is 5.75 Å². The number of hydrogen-bond acceptors (Lipinski definition) is 4. The zero-order valence-corrected chi connectivity index (χ0v) is 12.5. The number of carbonyl (C=O) groups is 1. The molecule has 2 atom stereocenters. The van der Waals surface area contributed by atoms with Gasteiger partial charge in [-0.1, -0.05) is 15.9 Å². The van der Waals surface area contributed by atoms with Crippen molar-refractivity contribution in [1.82, 2.24) is 5.32 Å². The molecule has 1 fully saturated rings. The largest absolute Gasteiger partial charge is 0.506 e. The lowest BCUT2D eigenvalue weighted by molar-refractivity contribution is -0.136. The van der Waals surface area contributed by atoms with E-state index < -0.39 is 11.2 Å². The van der Waals surface area contributed by atoms with Gasteiger partial charge in [0, 0.05) is 16.6 Å². The van der Waals surface area contributed by atoms with E-state index in [4.69, 9.17) is 5.11 Å². The van der Waals surface area contributed by atoms with Gasteiger partial charge < -0.3 is 10.2 Å². The van der Waals surface area contributed by atoms with Gasteiger partial charge in [-0.15, -0.1) is 11.8 Å². The first-order valence-electron chi connectivity index (χ1n) is 4.78. The highest BCUT2D eigenvalue weighted by atomic mass is 79.9. The van der Waals surface area contributed by atoms with Gasteiger partial charge in [-0.05, 0) is 28.1 Å². The Hall–Kier alpha value is -0.240. The summed E-state index contributed by atoms with van der Waals surface area (Å²) in [6.07, 6.45) is 0. The zero-order chi connectivity index (χ0) is 12.6. The van der Waals surface area contributed by atoms with Crippen LogP contribution in [0.15, 0.2) is 21.1 Å². The summed E-state index contributed by atoms with van der Waals surface area (Å²) in [4.78, 5) is 10.9. The van der Waals surface area contributed by atoms with E-state index in [-0.39, 0.29) is 11.1 Å². The minimum absolute atomic E-state index is 0.143. The number of halogens is 2. The van der Waals surface area contributed by atoms with E-state index in [0.717, 1.165) is 4.47 Å². The van der Waals surface area contributed by atoms with Crippen LogP contribution in [0.4, 0.5) is 0 Å². The molecule has 0 aliphatic carbocycles. The molecule has 0 bridgehead atoms. The minimum atomic E-state index is -0.835. The maximum Gasteiger partial charge on any atom is 0.318 e. The van der Waals surface area contributed by atoms with Crippen molar-refractivity contribution in [3.63, 3.8) is 0 Å². The van der Waals surface area contributed by atoms with Crippen LogP contribution in [0.1, 0.15) is 10.9 Å². The van der Waals surface area contributed by atoms with Gasteiger partial charge in [0.15, 0.2) is 0 Å². The summed E-state index contributed by atoms with van der Waals surface area (Å²) < 4.78 is 1.42. The maximum atomic E-state index is 10.9. The molecule has 0 unspecified atom stereocenters. The molecule has 1 aliphatic heterocycles. The Balaban J connectivity index is 2.27. The number of carboxylic acids is 1. The number of phenolic OH excluding ortho intramolecular Hbond substituents is 1. The highest BCUT2D eigenvalue weighted by Gasteiger charge is 2.32. The van der Waals surface area contributed by atoms with E-state index in [1.807, 2.05) is 0 Å². The van der Waals surface area contributed by atoms with Crippen molar-refractivity contribution in [2.24, 2.45) is 0 Å². The average molecular weight is 383 g/mol. The van der Waals surface area contributed by atoms with Crippen LogP contribution in [0, 0.1) is 0 Å². The first kappa shape index (κ1) is 13.2. The third-order valence-corrected chi connectivity index (χ3v) is 4.86. The normalized spacial score (nSPS) is 23.9. The summed E-state index contributed by atoms with van der Waals surface area (Å²) in [6.45, 7) is 0.397. The summed E-state index contributed by atoms with van der Waals surface area (Å²) in [5.41, 5.74) is 0.681. The van der Waals surface area contributed by atoms with Crippen molar-refractivity contribution in [2.45, 2.75) is 10.6 Å². The van der Waals surface area contributed by atoms with Crippen molar-refractivity contribution < 1.29 is 15.0 Å². The lowest BCUT2D eigenvalue weighted by atomic mass is 10.2. The molecule has 0 saturated carbocycles. The molecule has 1 saturated heterocycles. The quantitative estimate of drug-likeness (QED) is 0.733. The van der Waals surface area contributed by atoms with Crippen LogP contribution < -0.4 is 5.32 Å². The second-order valence-corrected chi connectivity index (χ2v) is 6.66. The molecule has 2 rings (SSSR count). The van der Waals surface area contributed by atoms with Crippen LogP contribution in [-0.4, -0.2) is 28.0 Å². The van der Waals surface area contributed by atoms with E-state index in [1.54, 1.807) is 12.1 Å². The molecular weight excluding hydrogens is 374 g/mol. The number of hydrogen-bond donors (Lipinski definition) is 3. The minimum Gasteiger partial charge on any atom is -0.506 e. The molecule has 1 aliphatic rings. The molecule has 0 spiro atoms. The van der Waals surface area contributed by atoms with E-state index in [1.165, 1.54) is 11.8 Å². The number of phenols is 1. The van der Waals surface area contributed by atoms with E-state index in [0.29, 0.717) is 16.6 Å². The Bertz CT molecular complexity index is 469. The average Bonchev–Trinajstić information content (AvgIpc) is 2.72. The van der Waals surface area contributed by atoms with Gasteiger partial charge >= 0.3 is 5.97 Å². The molecule has 3 N–H and O–H groups in total. The Labute approximate surface area is 119 Å². The third-order valence-electron chi connectivity index (χ3n) is 2.40. The Morgan fingerprint density at radius 2 is 2.18 bits per heavy atom. The molecule has 92 valence electrons. The zero-order valence-electron chi connectivity index (χ0n) is 8.48. The molecule has 1 aromatic rings. The molecular formula is C10H9Br2NO3S. The number of aliphatic carboxylic acids is 1. The maximum absolute atomic E-state index is 10.9. The molecule has 1 heterocycles. The van der Waals surface area contributed by atoms with Crippen molar-refractivity contribution in [2.75, 3.05) is 6.54 Å². The second-order valence-electron chi connectivity index (χ2n) is 3.58. The summed E-state index contributed by atoms with van der Waals surface area (Å²) in [6, 6.07) is 3.53. The summed E-state index contributed by atoms with van der Waals surface area (Å²) >= 11 is 7.89. The number of nitrogens with one attached hydrogen (secondary N) is 1. The fourth-order valence-electron chi connectivity index (χ4n) is 1.59.